The van der Waals surface area contributed by atoms with Crippen molar-refractivity contribution < 1.29 is 18.4 Å². The van der Waals surface area contributed by atoms with Gasteiger partial charge in [-0.3, -0.25) is 4.79 Å². The molecule has 1 aromatic carbocycles. The van der Waals surface area contributed by atoms with E-state index in [1.54, 1.807) is 0 Å². The average Bonchev–Trinajstić information content (AvgIpc) is 3.24. The van der Waals surface area contributed by atoms with Crippen LogP contribution in [0.1, 0.15) is 66.4 Å². The Hall–Kier alpha value is -1.22. The molecule has 1 heterocycles. The van der Waals surface area contributed by atoms with Gasteiger partial charge in [-0.05, 0) is 54.7 Å². The molecule has 1 saturated carbocycles. The minimum absolute atomic E-state index is 0.0222. The first-order chi connectivity index (χ1) is 16.5. The van der Waals surface area contributed by atoms with E-state index in [1.807, 2.05) is 0 Å². The highest BCUT2D eigenvalue weighted by Crippen LogP contribution is 2.47. The summed E-state index contributed by atoms with van der Waals surface area (Å²) in [6.07, 6.45) is 7.94. The van der Waals surface area contributed by atoms with Crippen molar-refractivity contribution in [3.8, 4) is 0 Å². The summed E-state index contributed by atoms with van der Waals surface area (Å²) in [5.41, 5.74) is 1.34. The summed E-state index contributed by atoms with van der Waals surface area (Å²) in [5.74, 6) is 0.316. The molecule has 4 nitrogen and oxygen atoms in total. The Labute approximate surface area is 222 Å². The maximum atomic E-state index is 12.2. The van der Waals surface area contributed by atoms with Crippen LogP contribution in [-0.4, -0.2) is 40.9 Å². The first-order valence-corrected chi connectivity index (χ1v) is 19.6. The van der Waals surface area contributed by atoms with E-state index in [2.05, 4.69) is 110 Å². The summed E-state index contributed by atoms with van der Waals surface area (Å²) in [7, 11) is -3.91. The van der Waals surface area contributed by atoms with Crippen LogP contribution in [0.3, 0.4) is 0 Å². The van der Waals surface area contributed by atoms with Gasteiger partial charge in [-0.15, -0.1) is 0 Å². The van der Waals surface area contributed by atoms with Gasteiger partial charge in [-0.25, -0.2) is 0 Å². The van der Waals surface area contributed by atoms with Crippen molar-refractivity contribution in [3.05, 3.63) is 48.0 Å². The van der Waals surface area contributed by atoms with Crippen molar-refractivity contribution in [3.63, 3.8) is 0 Å². The number of hydrogen-bond donors (Lipinski definition) is 0. The number of hydrogen-bond acceptors (Lipinski definition) is 4. The van der Waals surface area contributed by atoms with E-state index >= 15 is 0 Å². The first-order valence-electron chi connectivity index (χ1n) is 13.8. The fourth-order valence-electron chi connectivity index (χ4n) is 4.80. The second-order valence-corrected chi connectivity index (χ2v) is 23.5. The monoisotopic (exact) mass is 530 g/mol. The summed E-state index contributed by atoms with van der Waals surface area (Å²) in [6.45, 7) is 23.0. The van der Waals surface area contributed by atoms with Crippen LogP contribution in [0.4, 0.5) is 0 Å². The van der Waals surface area contributed by atoms with Gasteiger partial charge in [-0.2, -0.15) is 0 Å². The lowest BCUT2D eigenvalue weighted by Crippen LogP contribution is -2.45. The van der Waals surface area contributed by atoms with E-state index in [0.717, 1.165) is 19.3 Å². The summed E-state index contributed by atoms with van der Waals surface area (Å²) >= 11 is 0. The summed E-state index contributed by atoms with van der Waals surface area (Å²) < 4.78 is 19.6. The molecular weight excluding hydrogens is 480 g/mol. The minimum Gasteiger partial charge on any atom is -0.462 e. The maximum absolute atomic E-state index is 12.2. The van der Waals surface area contributed by atoms with Gasteiger partial charge in [0.1, 0.15) is 6.10 Å². The molecule has 2 fully saturated rings. The van der Waals surface area contributed by atoms with E-state index in [4.69, 9.17) is 13.6 Å². The van der Waals surface area contributed by atoms with Crippen molar-refractivity contribution in [1.82, 2.24) is 0 Å². The Morgan fingerprint density at radius 2 is 1.61 bits per heavy atom. The van der Waals surface area contributed by atoms with E-state index in [1.165, 1.54) is 5.56 Å². The van der Waals surface area contributed by atoms with Crippen LogP contribution < -0.4 is 0 Å². The molecule has 36 heavy (non-hydrogen) atoms. The quantitative estimate of drug-likeness (QED) is 0.185. The molecule has 3 rings (SSSR count). The smallest absolute Gasteiger partial charge is 0.306 e. The molecule has 0 radical (unpaired) electrons. The third-order valence-corrected chi connectivity index (χ3v) is 18.2. The van der Waals surface area contributed by atoms with Gasteiger partial charge in [0.15, 0.2) is 16.6 Å². The molecule has 1 aliphatic carbocycles. The summed E-state index contributed by atoms with van der Waals surface area (Å²) in [5, 5.41) is 0.281. The zero-order valence-electron chi connectivity index (χ0n) is 24.4. The summed E-state index contributed by atoms with van der Waals surface area (Å²) in [4.78, 5) is 12.2. The van der Waals surface area contributed by atoms with E-state index in [9.17, 15) is 4.79 Å². The zero-order valence-corrected chi connectivity index (χ0v) is 26.4. The van der Waals surface area contributed by atoms with Crippen LogP contribution in [0.15, 0.2) is 42.5 Å². The Bertz CT molecular complexity index is 911. The first kappa shape index (κ1) is 29.3. The van der Waals surface area contributed by atoms with Crippen molar-refractivity contribution in [2.45, 2.75) is 122 Å². The molecule has 6 heteroatoms. The molecule has 0 aromatic heterocycles. The van der Waals surface area contributed by atoms with Gasteiger partial charge in [0.05, 0.1) is 18.6 Å². The zero-order chi connectivity index (χ0) is 26.9. The number of ether oxygens (including phenoxy) is 1. The molecule has 0 unspecified atom stereocenters. The fraction of sp³-hybridized carbons (Fsp3) is 0.700. The van der Waals surface area contributed by atoms with Gasteiger partial charge < -0.3 is 13.6 Å². The number of carbonyl (C=O) groups is 1. The Morgan fingerprint density at radius 1 is 1.00 bits per heavy atom. The number of esters is 1. The predicted molar refractivity (Wildman–Crippen MR) is 154 cm³/mol. The van der Waals surface area contributed by atoms with Crippen LogP contribution in [0, 0.1) is 11.8 Å². The number of benzene rings is 1. The van der Waals surface area contributed by atoms with E-state index < -0.39 is 16.6 Å². The number of aryl methyl sites for hydroxylation is 1. The molecule has 0 N–H and O–H groups in total. The standard InChI is InChI=1S/C30H50O4Si2/c1-29(2,3)35(7,8)33-23(17-16-22-14-12-11-13-15-22)18-19-24-25-20-28(31)32-26(25)21-27(24)34-36(9,10)30(4,5)6/h11-15,18-19,23-27H,16-17,20-21H2,1-10H3/t23-,24+,25+,26-,27+/m0/s1. The molecule has 202 valence electrons. The largest absolute Gasteiger partial charge is 0.462 e. The second-order valence-electron chi connectivity index (χ2n) is 14.0. The molecule has 0 bridgehead atoms. The third kappa shape index (κ3) is 7.00. The van der Waals surface area contributed by atoms with Crippen LogP contribution >= 0.6 is 0 Å². The highest BCUT2D eigenvalue weighted by Gasteiger charge is 2.52. The van der Waals surface area contributed by atoms with Gasteiger partial charge in [-0.1, -0.05) is 84.0 Å². The van der Waals surface area contributed by atoms with E-state index in [-0.39, 0.29) is 46.2 Å². The van der Waals surface area contributed by atoms with Gasteiger partial charge in [0.25, 0.3) is 0 Å². The number of fused-ring (bicyclic) bond motifs is 1. The second kappa shape index (κ2) is 10.9. The average molecular weight is 531 g/mol. The van der Waals surface area contributed by atoms with Gasteiger partial charge in [0, 0.05) is 18.3 Å². The lowest BCUT2D eigenvalue weighted by molar-refractivity contribution is -0.141. The van der Waals surface area contributed by atoms with Crippen molar-refractivity contribution in [2.75, 3.05) is 0 Å². The lowest BCUT2D eigenvalue weighted by atomic mass is 9.91. The molecule has 5 atom stereocenters. The lowest BCUT2D eigenvalue weighted by Gasteiger charge is -2.40. The topological polar surface area (TPSA) is 44.8 Å². The SMILES string of the molecule is CC(C)(C)[Si](C)(C)O[C@H](C=C[C@@H]1[C@H]2CC(=O)O[C@H]2C[C@H]1O[Si](C)(C)C(C)(C)C)CCc1ccccc1. The third-order valence-electron chi connectivity index (χ3n) is 9.16. The molecule has 0 spiro atoms. The highest BCUT2D eigenvalue weighted by atomic mass is 28.4. The van der Waals surface area contributed by atoms with Crippen LogP contribution in [-0.2, 0) is 24.8 Å². The van der Waals surface area contributed by atoms with Crippen molar-refractivity contribution in [2.24, 2.45) is 11.8 Å². The normalized spacial score (nSPS) is 26.3. The minimum atomic E-state index is -1.95. The van der Waals surface area contributed by atoms with Crippen LogP contribution in [0.25, 0.3) is 0 Å². The van der Waals surface area contributed by atoms with Gasteiger partial charge in [0.2, 0.25) is 0 Å². The molecule has 1 saturated heterocycles. The molecule has 2 aliphatic rings. The Kier molecular flexibility index (Phi) is 8.86. The van der Waals surface area contributed by atoms with Crippen LogP contribution in [0.5, 0.6) is 0 Å². The Morgan fingerprint density at radius 3 is 2.19 bits per heavy atom. The molecular formula is C30H50O4Si2. The van der Waals surface area contributed by atoms with E-state index in [0.29, 0.717) is 6.42 Å². The van der Waals surface area contributed by atoms with Crippen molar-refractivity contribution in [1.29, 1.82) is 0 Å². The molecule has 1 aromatic rings. The predicted octanol–water partition coefficient (Wildman–Crippen LogP) is 7.91. The number of rotatable bonds is 9. The van der Waals surface area contributed by atoms with Crippen LogP contribution in [0.2, 0.25) is 36.3 Å². The maximum Gasteiger partial charge on any atom is 0.306 e. The number of carbonyl (C=O) groups excluding carboxylic acids is 1. The molecule has 0 amide bonds. The summed E-state index contributed by atoms with van der Waals surface area (Å²) in [6, 6.07) is 10.7. The fourth-order valence-corrected chi connectivity index (χ4v) is 7.47. The van der Waals surface area contributed by atoms with Gasteiger partial charge >= 0.3 is 5.97 Å². The Balaban J connectivity index is 1.84. The van der Waals surface area contributed by atoms with Crippen molar-refractivity contribution >= 4 is 22.6 Å². The highest BCUT2D eigenvalue weighted by molar-refractivity contribution is 6.74. The molecule has 1 aliphatic heterocycles.